The van der Waals surface area contributed by atoms with Crippen molar-refractivity contribution in [2.24, 2.45) is 0 Å². The van der Waals surface area contributed by atoms with Gasteiger partial charge in [-0.2, -0.15) is 0 Å². The van der Waals surface area contributed by atoms with E-state index in [1.54, 1.807) is 0 Å². The molecule has 26 heavy (non-hydrogen) atoms. The van der Waals surface area contributed by atoms with Gasteiger partial charge in [-0.25, -0.2) is 0 Å². The summed E-state index contributed by atoms with van der Waals surface area (Å²) in [7, 11) is 0. The second-order valence-corrected chi connectivity index (χ2v) is 8.38. The zero-order valence-corrected chi connectivity index (χ0v) is 16.7. The molecule has 3 heteroatoms. The van der Waals surface area contributed by atoms with Gasteiger partial charge < -0.3 is 9.80 Å². The van der Waals surface area contributed by atoms with Gasteiger partial charge in [-0.1, -0.05) is 39.0 Å². The van der Waals surface area contributed by atoms with Crippen molar-refractivity contribution in [1.29, 1.82) is 0 Å². The lowest BCUT2D eigenvalue weighted by atomic mass is 9.86. The summed E-state index contributed by atoms with van der Waals surface area (Å²) < 4.78 is 0. The van der Waals surface area contributed by atoms with E-state index in [9.17, 15) is 4.79 Å². The smallest absolute Gasteiger partial charge is 0.253 e. The fraction of sp³-hybridized carbons (Fsp3) is 0.435. The number of nitrogens with zero attached hydrogens (tertiary/aromatic N) is 2. The van der Waals surface area contributed by atoms with Crippen LogP contribution in [-0.4, -0.2) is 37.0 Å². The Morgan fingerprint density at radius 1 is 0.846 bits per heavy atom. The molecule has 0 aliphatic carbocycles. The number of hydrogen-bond acceptors (Lipinski definition) is 2. The lowest BCUT2D eigenvalue weighted by Gasteiger charge is -2.36. The van der Waals surface area contributed by atoms with Crippen LogP contribution in [0.5, 0.6) is 0 Å². The number of piperazine rings is 1. The largest absolute Gasteiger partial charge is 0.368 e. The normalized spacial score (nSPS) is 15.3. The van der Waals surface area contributed by atoms with E-state index in [0.717, 1.165) is 31.7 Å². The van der Waals surface area contributed by atoms with Crippen molar-refractivity contribution in [2.75, 3.05) is 31.1 Å². The Kier molecular flexibility index (Phi) is 5.08. The summed E-state index contributed by atoms with van der Waals surface area (Å²) >= 11 is 0. The van der Waals surface area contributed by atoms with Crippen molar-refractivity contribution >= 4 is 11.6 Å². The van der Waals surface area contributed by atoms with Crippen LogP contribution in [0.2, 0.25) is 0 Å². The Hall–Kier alpha value is -2.29. The Bertz CT molecular complexity index is 779. The lowest BCUT2D eigenvalue weighted by molar-refractivity contribution is 0.0746. The zero-order chi connectivity index (χ0) is 18.9. The van der Waals surface area contributed by atoms with Crippen molar-refractivity contribution < 1.29 is 4.79 Å². The van der Waals surface area contributed by atoms with Crippen LogP contribution in [0, 0.1) is 13.8 Å². The topological polar surface area (TPSA) is 23.6 Å². The van der Waals surface area contributed by atoms with E-state index < -0.39 is 0 Å². The minimum atomic E-state index is 0.110. The summed E-state index contributed by atoms with van der Waals surface area (Å²) in [5, 5.41) is 0. The van der Waals surface area contributed by atoms with Gasteiger partial charge in [0.05, 0.1) is 0 Å². The summed E-state index contributed by atoms with van der Waals surface area (Å²) in [6.45, 7) is 14.2. The highest BCUT2D eigenvalue weighted by molar-refractivity contribution is 5.94. The highest BCUT2D eigenvalue weighted by atomic mass is 16.2. The third-order valence-electron chi connectivity index (χ3n) is 5.42. The van der Waals surface area contributed by atoms with Gasteiger partial charge in [0.15, 0.2) is 0 Å². The van der Waals surface area contributed by atoms with E-state index in [1.165, 1.54) is 22.4 Å². The molecule has 0 bridgehead atoms. The van der Waals surface area contributed by atoms with Crippen molar-refractivity contribution in [3.8, 4) is 0 Å². The standard InChI is InChI=1S/C23H30N2O/c1-17-6-11-21(16-18(17)2)24-12-14-25(15-13-24)22(26)19-7-9-20(10-8-19)23(3,4)5/h6-11,16H,12-15H2,1-5H3. The molecular weight excluding hydrogens is 320 g/mol. The molecule has 0 unspecified atom stereocenters. The van der Waals surface area contributed by atoms with Crippen LogP contribution in [0.4, 0.5) is 5.69 Å². The number of carbonyl (C=O) groups excluding carboxylic acids is 1. The number of rotatable bonds is 2. The van der Waals surface area contributed by atoms with E-state index in [4.69, 9.17) is 0 Å². The maximum atomic E-state index is 12.8. The van der Waals surface area contributed by atoms with Gasteiger partial charge in [0.2, 0.25) is 0 Å². The zero-order valence-electron chi connectivity index (χ0n) is 16.7. The predicted octanol–water partition coefficient (Wildman–Crippen LogP) is 4.56. The van der Waals surface area contributed by atoms with Crippen molar-refractivity contribution in [2.45, 2.75) is 40.0 Å². The highest BCUT2D eigenvalue weighted by Gasteiger charge is 2.23. The van der Waals surface area contributed by atoms with Crippen LogP contribution in [-0.2, 0) is 5.41 Å². The summed E-state index contributed by atoms with van der Waals surface area (Å²) in [6, 6.07) is 14.7. The van der Waals surface area contributed by atoms with E-state index in [1.807, 2.05) is 17.0 Å². The number of hydrogen-bond donors (Lipinski definition) is 0. The molecule has 1 fully saturated rings. The molecule has 138 valence electrons. The summed E-state index contributed by atoms with van der Waals surface area (Å²) in [4.78, 5) is 17.2. The molecule has 1 heterocycles. The summed E-state index contributed by atoms with van der Waals surface area (Å²) in [6.07, 6.45) is 0. The first-order valence-corrected chi connectivity index (χ1v) is 9.48. The third kappa shape index (κ3) is 3.92. The van der Waals surface area contributed by atoms with Gasteiger partial charge in [0.25, 0.3) is 5.91 Å². The summed E-state index contributed by atoms with van der Waals surface area (Å²) in [5.74, 6) is 0.144. The Balaban J connectivity index is 1.64. The van der Waals surface area contributed by atoms with Gasteiger partial charge in [0.1, 0.15) is 0 Å². The molecule has 3 rings (SSSR count). The first kappa shape index (κ1) is 18.5. The predicted molar refractivity (Wildman–Crippen MR) is 109 cm³/mol. The molecule has 0 radical (unpaired) electrons. The summed E-state index contributed by atoms with van der Waals surface area (Å²) in [5.41, 5.74) is 6.06. The van der Waals surface area contributed by atoms with Gasteiger partial charge in [-0.05, 0) is 60.2 Å². The third-order valence-corrected chi connectivity index (χ3v) is 5.42. The van der Waals surface area contributed by atoms with E-state index in [0.29, 0.717) is 0 Å². The molecule has 0 aromatic heterocycles. The van der Waals surface area contributed by atoms with Crippen LogP contribution >= 0.6 is 0 Å². The van der Waals surface area contributed by atoms with E-state index in [2.05, 4.69) is 69.9 Å². The molecule has 0 atom stereocenters. The molecule has 0 N–H and O–H groups in total. The number of aryl methyl sites for hydroxylation is 2. The van der Waals surface area contributed by atoms with Crippen molar-refractivity contribution in [3.05, 3.63) is 64.7 Å². The molecule has 1 saturated heterocycles. The van der Waals surface area contributed by atoms with Crippen LogP contribution in [0.25, 0.3) is 0 Å². The van der Waals surface area contributed by atoms with Crippen molar-refractivity contribution in [3.63, 3.8) is 0 Å². The maximum absolute atomic E-state index is 12.8. The van der Waals surface area contributed by atoms with Gasteiger partial charge in [-0.15, -0.1) is 0 Å². The SMILES string of the molecule is Cc1ccc(N2CCN(C(=O)c3ccc(C(C)(C)C)cc3)CC2)cc1C. The van der Waals surface area contributed by atoms with Crippen molar-refractivity contribution in [1.82, 2.24) is 4.90 Å². The average Bonchev–Trinajstić information content (AvgIpc) is 2.63. The maximum Gasteiger partial charge on any atom is 0.253 e. The number of anilines is 1. The van der Waals surface area contributed by atoms with Crippen LogP contribution < -0.4 is 4.90 Å². The minimum absolute atomic E-state index is 0.110. The first-order valence-electron chi connectivity index (χ1n) is 9.48. The van der Waals surface area contributed by atoms with Gasteiger partial charge in [-0.3, -0.25) is 4.79 Å². The monoisotopic (exact) mass is 350 g/mol. The second-order valence-electron chi connectivity index (χ2n) is 8.38. The van der Waals surface area contributed by atoms with Crippen LogP contribution in [0.1, 0.15) is 47.8 Å². The molecular formula is C23H30N2O. The lowest BCUT2D eigenvalue weighted by Crippen LogP contribution is -2.48. The molecule has 2 aromatic rings. The highest BCUT2D eigenvalue weighted by Crippen LogP contribution is 2.23. The van der Waals surface area contributed by atoms with E-state index >= 15 is 0 Å². The second kappa shape index (κ2) is 7.14. The Morgan fingerprint density at radius 2 is 1.46 bits per heavy atom. The Labute approximate surface area is 157 Å². The minimum Gasteiger partial charge on any atom is -0.368 e. The average molecular weight is 351 g/mol. The fourth-order valence-electron chi connectivity index (χ4n) is 3.39. The number of benzene rings is 2. The number of carbonyl (C=O) groups is 1. The molecule has 1 aliphatic rings. The molecule has 3 nitrogen and oxygen atoms in total. The van der Waals surface area contributed by atoms with Gasteiger partial charge >= 0.3 is 0 Å². The fourth-order valence-corrected chi connectivity index (χ4v) is 3.39. The molecule has 1 aliphatic heterocycles. The molecule has 1 amide bonds. The number of amides is 1. The van der Waals surface area contributed by atoms with E-state index in [-0.39, 0.29) is 11.3 Å². The van der Waals surface area contributed by atoms with Crippen LogP contribution in [0.3, 0.4) is 0 Å². The Morgan fingerprint density at radius 3 is 2.00 bits per heavy atom. The van der Waals surface area contributed by atoms with Crippen LogP contribution in [0.15, 0.2) is 42.5 Å². The van der Waals surface area contributed by atoms with Gasteiger partial charge in [0, 0.05) is 37.4 Å². The first-order chi connectivity index (χ1) is 12.3. The quantitative estimate of drug-likeness (QED) is 0.792. The molecule has 2 aromatic carbocycles. The molecule has 0 spiro atoms. The molecule has 0 saturated carbocycles.